The highest BCUT2D eigenvalue weighted by molar-refractivity contribution is 5.78. The number of anilines is 3. The van der Waals surface area contributed by atoms with Crippen molar-refractivity contribution in [2.45, 2.75) is 13.8 Å². The Morgan fingerprint density at radius 2 is 1.58 bits per heavy atom. The van der Waals surface area contributed by atoms with Crippen molar-refractivity contribution in [2.75, 3.05) is 10.6 Å². The molecular formula is C22H20F2N2. The number of benzene rings is 3. The molecule has 0 saturated carbocycles. The molecule has 0 bridgehead atoms. The summed E-state index contributed by atoms with van der Waals surface area (Å²) in [6, 6.07) is 16.9. The topological polar surface area (TPSA) is 24.1 Å². The summed E-state index contributed by atoms with van der Waals surface area (Å²) in [7, 11) is 0. The summed E-state index contributed by atoms with van der Waals surface area (Å²) < 4.78 is 28.3. The van der Waals surface area contributed by atoms with Gasteiger partial charge in [0.25, 0.3) is 0 Å². The van der Waals surface area contributed by atoms with Crippen molar-refractivity contribution in [3.63, 3.8) is 0 Å². The van der Waals surface area contributed by atoms with Gasteiger partial charge in [-0.25, -0.2) is 8.78 Å². The van der Waals surface area contributed by atoms with Crippen LogP contribution in [0.3, 0.4) is 0 Å². The van der Waals surface area contributed by atoms with Crippen molar-refractivity contribution in [2.24, 2.45) is 0 Å². The van der Waals surface area contributed by atoms with Gasteiger partial charge in [0.05, 0.1) is 5.69 Å². The molecule has 3 rings (SSSR count). The number of nitrogens with one attached hydrogen (secondary N) is 2. The molecule has 0 spiro atoms. The highest BCUT2D eigenvalue weighted by Crippen LogP contribution is 2.29. The second-order valence-electron chi connectivity index (χ2n) is 6.15. The van der Waals surface area contributed by atoms with Crippen molar-refractivity contribution >= 4 is 22.8 Å². The van der Waals surface area contributed by atoms with E-state index < -0.39 is 5.82 Å². The van der Waals surface area contributed by atoms with Gasteiger partial charge in [-0.3, -0.25) is 0 Å². The van der Waals surface area contributed by atoms with Crippen molar-refractivity contribution in [3.05, 3.63) is 95.6 Å². The van der Waals surface area contributed by atoms with Gasteiger partial charge in [0.15, 0.2) is 5.82 Å². The zero-order valence-electron chi connectivity index (χ0n) is 14.7. The first-order valence-corrected chi connectivity index (χ1v) is 8.29. The highest BCUT2D eigenvalue weighted by Gasteiger charge is 2.12. The lowest BCUT2D eigenvalue weighted by molar-refractivity contribution is 0.628. The van der Waals surface area contributed by atoms with E-state index in [2.05, 4.69) is 17.2 Å². The van der Waals surface area contributed by atoms with E-state index in [0.29, 0.717) is 22.6 Å². The van der Waals surface area contributed by atoms with E-state index in [0.717, 1.165) is 16.8 Å². The van der Waals surface area contributed by atoms with Gasteiger partial charge in [-0.15, -0.1) is 0 Å². The summed E-state index contributed by atoms with van der Waals surface area (Å²) in [4.78, 5) is 0. The predicted molar refractivity (Wildman–Crippen MR) is 105 cm³/mol. The molecule has 4 heteroatoms. The molecule has 0 fully saturated rings. The lowest BCUT2D eigenvalue weighted by atomic mass is 10.1. The van der Waals surface area contributed by atoms with Crippen LogP contribution in [0.25, 0.3) is 5.70 Å². The maximum Gasteiger partial charge on any atom is 0.155 e. The van der Waals surface area contributed by atoms with Gasteiger partial charge in [-0.2, -0.15) is 0 Å². The molecule has 3 aromatic rings. The summed E-state index contributed by atoms with van der Waals surface area (Å²) in [6.45, 7) is 7.89. The van der Waals surface area contributed by atoms with Crippen LogP contribution < -0.4 is 10.6 Å². The Morgan fingerprint density at radius 3 is 2.35 bits per heavy atom. The number of halogens is 2. The molecular weight excluding hydrogens is 330 g/mol. The van der Waals surface area contributed by atoms with Crippen molar-refractivity contribution in [1.82, 2.24) is 0 Å². The van der Waals surface area contributed by atoms with E-state index >= 15 is 0 Å². The van der Waals surface area contributed by atoms with Gasteiger partial charge in [-0.1, -0.05) is 30.8 Å². The van der Waals surface area contributed by atoms with Crippen LogP contribution in [0.15, 0.2) is 67.2 Å². The number of hydrogen-bond acceptors (Lipinski definition) is 2. The fraction of sp³-hybridized carbons (Fsp3) is 0.0909. The largest absolute Gasteiger partial charge is 0.355 e. The summed E-state index contributed by atoms with van der Waals surface area (Å²) in [6.07, 6.45) is 0. The number of hydrogen-bond donors (Lipinski definition) is 2. The first-order valence-electron chi connectivity index (χ1n) is 8.29. The van der Waals surface area contributed by atoms with Crippen LogP contribution in [0, 0.1) is 25.5 Å². The molecule has 0 radical (unpaired) electrons. The van der Waals surface area contributed by atoms with E-state index in [4.69, 9.17) is 0 Å². The second-order valence-corrected chi connectivity index (χ2v) is 6.15. The minimum atomic E-state index is -0.415. The van der Waals surface area contributed by atoms with Crippen molar-refractivity contribution < 1.29 is 8.78 Å². The minimum Gasteiger partial charge on any atom is -0.355 e. The van der Waals surface area contributed by atoms with Crippen LogP contribution in [-0.4, -0.2) is 0 Å². The van der Waals surface area contributed by atoms with E-state index in [1.807, 2.05) is 32.0 Å². The lowest BCUT2D eigenvalue weighted by Crippen LogP contribution is -2.03. The first kappa shape index (κ1) is 17.7. The van der Waals surface area contributed by atoms with Gasteiger partial charge in [0, 0.05) is 22.6 Å². The van der Waals surface area contributed by atoms with Gasteiger partial charge in [-0.05, 0) is 61.4 Å². The van der Waals surface area contributed by atoms with Crippen LogP contribution in [0.1, 0.15) is 16.7 Å². The SMILES string of the molecule is C=C(Nc1cccc(F)c1)c1cccc(Nc2cccc(C)c2C)c1F. The van der Waals surface area contributed by atoms with E-state index in [-0.39, 0.29) is 5.82 Å². The molecule has 0 amide bonds. The van der Waals surface area contributed by atoms with Crippen molar-refractivity contribution in [1.29, 1.82) is 0 Å². The second kappa shape index (κ2) is 7.40. The third-order valence-corrected chi connectivity index (χ3v) is 4.32. The lowest BCUT2D eigenvalue weighted by Gasteiger charge is -2.16. The predicted octanol–water partition coefficient (Wildman–Crippen LogP) is 6.41. The molecule has 0 heterocycles. The van der Waals surface area contributed by atoms with Crippen LogP contribution in [0.4, 0.5) is 25.8 Å². The molecule has 2 nitrogen and oxygen atoms in total. The normalized spacial score (nSPS) is 10.5. The minimum absolute atomic E-state index is 0.324. The summed E-state index contributed by atoms with van der Waals surface area (Å²) in [5.41, 5.74) is 4.60. The van der Waals surface area contributed by atoms with E-state index in [9.17, 15) is 8.78 Å². The molecule has 0 atom stereocenters. The maximum absolute atomic E-state index is 15.0. The molecule has 132 valence electrons. The zero-order chi connectivity index (χ0) is 18.7. The Kier molecular flexibility index (Phi) is 5.03. The summed E-state index contributed by atoms with van der Waals surface area (Å²) >= 11 is 0. The molecule has 26 heavy (non-hydrogen) atoms. The average Bonchev–Trinajstić information content (AvgIpc) is 2.60. The Labute approximate surface area is 152 Å². The molecule has 0 aliphatic carbocycles. The first-order chi connectivity index (χ1) is 12.5. The molecule has 0 aliphatic rings. The fourth-order valence-electron chi connectivity index (χ4n) is 2.70. The molecule has 3 aromatic carbocycles. The smallest absolute Gasteiger partial charge is 0.155 e. The quantitative estimate of drug-likeness (QED) is 0.556. The molecule has 2 N–H and O–H groups in total. The Morgan fingerprint density at radius 1 is 0.885 bits per heavy atom. The van der Waals surface area contributed by atoms with Gasteiger partial charge in [0.1, 0.15) is 5.82 Å². The summed E-state index contributed by atoms with van der Waals surface area (Å²) in [5.74, 6) is -0.782. The summed E-state index contributed by atoms with van der Waals surface area (Å²) in [5, 5.41) is 6.09. The van der Waals surface area contributed by atoms with Crippen LogP contribution in [-0.2, 0) is 0 Å². The zero-order valence-corrected chi connectivity index (χ0v) is 14.7. The number of aryl methyl sites for hydroxylation is 1. The van der Waals surface area contributed by atoms with Crippen LogP contribution in [0.2, 0.25) is 0 Å². The Bertz CT molecular complexity index is 964. The molecule has 0 aliphatic heterocycles. The molecule has 0 saturated heterocycles. The molecule has 0 unspecified atom stereocenters. The standard InChI is InChI=1S/C22H20F2N2/c1-14-7-4-11-20(15(14)2)26-21-12-6-10-19(22(21)24)16(3)25-18-9-5-8-17(23)13-18/h4-13,25-26H,3H2,1-2H3. The Hall–Kier alpha value is -3.14. The number of rotatable bonds is 5. The third kappa shape index (κ3) is 3.75. The van der Waals surface area contributed by atoms with Gasteiger partial charge >= 0.3 is 0 Å². The van der Waals surface area contributed by atoms with Gasteiger partial charge in [0.2, 0.25) is 0 Å². The maximum atomic E-state index is 15.0. The fourth-order valence-corrected chi connectivity index (χ4v) is 2.70. The van der Waals surface area contributed by atoms with Crippen LogP contribution in [0.5, 0.6) is 0 Å². The van der Waals surface area contributed by atoms with E-state index in [1.54, 1.807) is 30.3 Å². The third-order valence-electron chi connectivity index (χ3n) is 4.32. The average molecular weight is 350 g/mol. The Balaban J connectivity index is 1.87. The van der Waals surface area contributed by atoms with Crippen molar-refractivity contribution in [3.8, 4) is 0 Å². The van der Waals surface area contributed by atoms with Gasteiger partial charge < -0.3 is 10.6 Å². The van der Waals surface area contributed by atoms with Crippen LogP contribution >= 0.6 is 0 Å². The highest BCUT2D eigenvalue weighted by atomic mass is 19.1. The monoisotopic (exact) mass is 350 g/mol. The molecule has 0 aromatic heterocycles. The van der Waals surface area contributed by atoms with E-state index in [1.165, 1.54) is 12.1 Å².